The van der Waals surface area contributed by atoms with E-state index in [0.29, 0.717) is 16.9 Å². The topological polar surface area (TPSA) is 69.7 Å². The summed E-state index contributed by atoms with van der Waals surface area (Å²) in [7, 11) is 0. The SMILES string of the molecule is CC(=O)Oc1ccc(-c2ccc(C(=O)O[C@@H](C)C(=O)c3ccc(C)cc3)cc2)cc1. The largest absolute Gasteiger partial charge is 0.451 e. The Morgan fingerprint density at radius 1 is 0.733 bits per heavy atom. The molecule has 0 aliphatic carbocycles. The summed E-state index contributed by atoms with van der Waals surface area (Å²) in [6.07, 6.45) is -0.881. The Balaban J connectivity index is 1.65. The molecular weight excluding hydrogens is 380 g/mol. The molecule has 0 saturated heterocycles. The zero-order valence-electron chi connectivity index (χ0n) is 17.0. The number of Topliss-reactive ketones (excluding diaryl/α,β-unsaturated/α-hetero) is 1. The van der Waals surface area contributed by atoms with Crippen LogP contribution in [0.15, 0.2) is 72.8 Å². The van der Waals surface area contributed by atoms with Gasteiger partial charge >= 0.3 is 11.9 Å². The van der Waals surface area contributed by atoms with Crippen LogP contribution in [0.5, 0.6) is 5.75 Å². The van der Waals surface area contributed by atoms with Crippen molar-refractivity contribution in [2.45, 2.75) is 26.9 Å². The fraction of sp³-hybridized carbons (Fsp3) is 0.160. The fourth-order valence-electron chi connectivity index (χ4n) is 2.91. The Morgan fingerprint density at radius 3 is 1.77 bits per heavy atom. The summed E-state index contributed by atoms with van der Waals surface area (Å²) in [6, 6.07) is 21.1. The first-order chi connectivity index (χ1) is 14.3. The van der Waals surface area contributed by atoms with E-state index in [2.05, 4.69) is 0 Å². The average Bonchev–Trinajstić information content (AvgIpc) is 2.74. The highest BCUT2D eigenvalue weighted by molar-refractivity contribution is 6.01. The van der Waals surface area contributed by atoms with Crippen LogP contribution >= 0.6 is 0 Å². The van der Waals surface area contributed by atoms with Crippen LogP contribution in [-0.2, 0) is 9.53 Å². The van der Waals surface area contributed by atoms with Crippen molar-refractivity contribution in [3.05, 3.63) is 89.5 Å². The normalized spacial score (nSPS) is 11.4. The van der Waals surface area contributed by atoms with Crippen LogP contribution in [0.1, 0.15) is 40.1 Å². The van der Waals surface area contributed by atoms with Gasteiger partial charge in [0.25, 0.3) is 0 Å². The number of rotatable bonds is 6. The molecule has 0 aliphatic rings. The Hall–Kier alpha value is -3.73. The number of carbonyl (C=O) groups excluding carboxylic acids is 3. The molecule has 3 aromatic rings. The summed E-state index contributed by atoms with van der Waals surface area (Å²) in [5.41, 5.74) is 3.73. The highest BCUT2D eigenvalue weighted by atomic mass is 16.5. The molecule has 0 fully saturated rings. The van der Waals surface area contributed by atoms with Crippen LogP contribution in [0, 0.1) is 6.92 Å². The molecule has 5 nitrogen and oxygen atoms in total. The second-order valence-electron chi connectivity index (χ2n) is 6.97. The predicted octanol–water partition coefficient (Wildman–Crippen LogP) is 5.02. The molecule has 3 rings (SSSR count). The van der Waals surface area contributed by atoms with Crippen molar-refractivity contribution in [3.8, 4) is 16.9 Å². The number of esters is 2. The van der Waals surface area contributed by atoms with Gasteiger partial charge in [-0.1, -0.05) is 54.1 Å². The van der Waals surface area contributed by atoms with Crippen molar-refractivity contribution >= 4 is 17.7 Å². The second-order valence-corrected chi connectivity index (χ2v) is 6.97. The molecule has 0 aliphatic heterocycles. The van der Waals surface area contributed by atoms with E-state index in [1.807, 2.05) is 31.2 Å². The van der Waals surface area contributed by atoms with Crippen LogP contribution in [0.4, 0.5) is 0 Å². The van der Waals surface area contributed by atoms with E-state index in [9.17, 15) is 14.4 Å². The van der Waals surface area contributed by atoms with Crippen LogP contribution < -0.4 is 4.74 Å². The lowest BCUT2D eigenvalue weighted by Crippen LogP contribution is -2.24. The van der Waals surface area contributed by atoms with Crippen molar-refractivity contribution in [2.75, 3.05) is 0 Å². The number of aryl methyl sites for hydroxylation is 1. The zero-order chi connectivity index (χ0) is 21.7. The third kappa shape index (κ3) is 5.20. The summed E-state index contributed by atoms with van der Waals surface area (Å²) in [5.74, 6) is -0.702. The Bertz CT molecular complexity index is 1050. The molecule has 0 heterocycles. The van der Waals surface area contributed by atoms with Gasteiger partial charge in [0.2, 0.25) is 5.78 Å². The standard InChI is InChI=1S/C25H22O5/c1-16-4-6-21(7-5-16)24(27)17(2)29-25(28)22-10-8-19(9-11-22)20-12-14-23(15-13-20)30-18(3)26/h4-15,17H,1-3H3/t17-/m0/s1. The van der Waals surface area contributed by atoms with E-state index in [0.717, 1.165) is 16.7 Å². The molecule has 0 N–H and O–H groups in total. The van der Waals surface area contributed by atoms with Gasteiger partial charge in [-0.3, -0.25) is 9.59 Å². The quantitative estimate of drug-likeness (QED) is 0.329. The van der Waals surface area contributed by atoms with Gasteiger partial charge in [-0.25, -0.2) is 4.79 Å². The van der Waals surface area contributed by atoms with E-state index >= 15 is 0 Å². The van der Waals surface area contributed by atoms with Crippen LogP contribution in [0.2, 0.25) is 0 Å². The Labute approximate surface area is 175 Å². The Kier molecular flexibility index (Phi) is 6.42. The van der Waals surface area contributed by atoms with Crippen molar-refractivity contribution < 1.29 is 23.9 Å². The maximum Gasteiger partial charge on any atom is 0.338 e. The van der Waals surface area contributed by atoms with E-state index in [1.165, 1.54) is 6.92 Å². The molecule has 0 radical (unpaired) electrons. The van der Waals surface area contributed by atoms with E-state index in [-0.39, 0.29) is 11.8 Å². The summed E-state index contributed by atoms with van der Waals surface area (Å²) in [6.45, 7) is 4.86. The zero-order valence-corrected chi connectivity index (χ0v) is 17.0. The summed E-state index contributed by atoms with van der Waals surface area (Å²) in [4.78, 5) is 35.9. The minimum absolute atomic E-state index is 0.243. The summed E-state index contributed by atoms with van der Waals surface area (Å²) in [5, 5.41) is 0. The molecule has 0 aromatic heterocycles. The molecule has 3 aromatic carbocycles. The number of hydrogen-bond donors (Lipinski definition) is 0. The van der Waals surface area contributed by atoms with Crippen LogP contribution in [-0.4, -0.2) is 23.8 Å². The lowest BCUT2D eigenvalue weighted by Gasteiger charge is -2.13. The predicted molar refractivity (Wildman–Crippen MR) is 114 cm³/mol. The smallest absolute Gasteiger partial charge is 0.338 e. The highest BCUT2D eigenvalue weighted by Gasteiger charge is 2.20. The van der Waals surface area contributed by atoms with Crippen LogP contribution in [0.25, 0.3) is 11.1 Å². The molecule has 152 valence electrons. The highest BCUT2D eigenvalue weighted by Crippen LogP contribution is 2.23. The minimum Gasteiger partial charge on any atom is -0.451 e. The lowest BCUT2D eigenvalue weighted by molar-refractivity contribution is -0.131. The first-order valence-electron chi connectivity index (χ1n) is 9.54. The van der Waals surface area contributed by atoms with Crippen molar-refractivity contribution in [2.24, 2.45) is 0 Å². The van der Waals surface area contributed by atoms with E-state index in [4.69, 9.17) is 9.47 Å². The molecule has 0 unspecified atom stereocenters. The molecule has 0 amide bonds. The molecule has 0 saturated carbocycles. The number of ether oxygens (including phenoxy) is 2. The first-order valence-corrected chi connectivity index (χ1v) is 9.54. The lowest BCUT2D eigenvalue weighted by atomic mass is 10.0. The number of hydrogen-bond acceptors (Lipinski definition) is 5. The molecule has 5 heteroatoms. The number of carbonyl (C=O) groups is 3. The minimum atomic E-state index is -0.881. The molecule has 0 spiro atoms. The van der Waals surface area contributed by atoms with E-state index < -0.39 is 12.1 Å². The third-order valence-electron chi connectivity index (χ3n) is 4.56. The monoisotopic (exact) mass is 402 g/mol. The second kappa shape index (κ2) is 9.18. The van der Waals surface area contributed by atoms with Gasteiger partial charge in [-0.15, -0.1) is 0 Å². The van der Waals surface area contributed by atoms with Crippen molar-refractivity contribution in [1.82, 2.24) is 0 Å². The number of ketones is 1. The van der Waals surface area contributed by atoms with Gasteiger partial charge in [0.1, 0.15) is 5.75 Å². The number of benzene rings is 3. The van der Waals surface area contributed by atoms with Gasteiger partial charge in [0, 0.05) is 12.5 Å². The van der Waals surface area contributed by atoms with Gasteiger partial charge in [0.05, 0.1) is 5.56 Å². The molecule has 0 bridgehead atoms. The Morgan fingerprint density at radius 2 is 1.23 bits per heavy atom. The third-order valence-corrected chi connectivity index (χ3v) is 4.56. The summed E-state index contributed by atoms with van der Waals surface area (Å²) < 4.78 is 10.4. The van der Waals surface area contributed by atoms with Gasteiger partial charge in [-0.2, -0.15) is 0 Å². The van der Waals surface area contributed by atoms with Gasteiger partial charge in [-0.05, 0) is 49.2 Å². The van der Waals surface area contributed by atoms with Crippen molar-refractivity contribution in [1.29, 1.82) is 0 Å². The fourth-order valence-corrected chi connectivity index (χ4v) is 2.91. The average molecular weight is 402 g/mol. The van der Waals surface area contributed by atoms with Crippen LogP contribution in [0.3, 0.4) is 0 Å². The molecular formula is C25H22O5. The van der Waals surface area contributed by atoms with Crippen molar-refractivity contribution in [3.63, 3.8) is 0 Å². The maximum atomic E-state index is 12.4. The summed E-state index contributed by atoms with van der Waals surface area (Å²) >= 11 is 0. The van der Waals surface area contributed by atoms with Gasteiger partial charge < -0.3 is 9.47 Å². The molecule has 1 atom stereocenters. The van der Waals surface area contributed by atoms with E-state index in [1.54, 1.807) is 55.5 Å². The van der Waals surface area contributed by atoms with Gasteiger partial charge in [0.15, 0.2) is 6.10 Å². The first kappa shape index (κ1) is 21.0. The maximum absolute atomic E-state index is 12.4. The molecule has 30 heavy (non-hydrogen) atoms.